The zero-order valence-corrected chi connectivity index (χ0v) is 12.1. The summed E-state index contributed by atoms with van der Waals surface area (Å²) < 4.78 is 5.34. The van der Waals surface area contributed by atoms with E-state index in [1.165, 1.54) is 0 Å². The van der Waals surface area contributed by atoms with E-state index in [0.29, 0.717) is 25.5 Å². The number of hydrogen-bond acceptors (Lipinski definition) is 4. The van der Waals surface area contributed by atoms with Crippen LogP contribution >= 0.6 is 0 Å². The highest BCUT2D eigenvalue weighted by molar-refractivity contribution is 5.95. The van der Waals surface area contributed by atoms with Gasteiger partial charge in [-0.15, -0.1) is 0 Å². The molecule has 5 nitrogen and oxygen atoms in total. The van der Waals surface area contributed by atoms with Crippen LogP contribution in [0.4, 0.5) is 5.69 Å². The Morgan fingerprint density at radius 3 is 2.63 bits per heavy atom. The van der Waals surface area contributed by atoms with Crippen molar-refractivity contribution >= 4 is 11.7 Å². The van der Waals surface area contributed by atoms with Crippen molar-refractivity contribution in [3.05, 3.63) is 23.0 Å². The normalized spacial score (nSPS) is 10.5. The number of ether oxygens (including phenoxy) is 1. The molecule has 0 unspecified atom stereocenters. The summed E-state index contributed by atoms with van der Waals surface area (Å²) in [4.78, 5) is 17.7. The minimum atomic E-state index is -0.935. The zero-order chi connectivity index (χ0) is 14.4. The number of carboxylic acids is 1. The van der Waals surface area contributed by atoms with Crippen LogP contribution in [0, 0.1) is 13.8 Å². The molecule has 106 valence electrons. The summed E-state index contributed by atoms with van der Waals surface area (Å²) in [6.45, 7) is 10.2. The van der Waals surface area contributed by atoms with Crippen molar-refractivity contribution in [1.29, 1.82) is 0 Å². The average molecular weight is 266 g/mol. The number of rotatable bonds is 7. The highest BCUT2D eigenvalue weighted by Gasteiger charge is 2.19. The maximum Gasteiger partial charge on any atom is 0.339 e. The number of carboxylic acid groups (broad SMARTS) is 1. The van der Waals surface area contributed by atoms with E-state index in [4.69, 9.17) is 4.74 Å². The van der Waals surface area contributed by atoms with Crippen molar-refractivity contribution in [3.63, 3.8) is 0 Å². The van der Waals surface area contributed by atoms with Gasteiger partial charge in [0.15, 0.2) is 0 Å². The Morgan fingerprint density at radius 1 is 1.42 bits per heavy atom. The van der Waals surface area contributed by atoms with Gasteiger partial charge in [0.25, 0.3) is 0 Å². The van der Waals surface area contributed by atoms with Gasteiger partial charge in [-0.05, 0) is 33.8 Å². The van der Waals surface area contributed by atoms with Gasteiger partial charge >= 0.3 is 5.97 Å². The van der Waals surface area contributed by atoms with Crippen LogP contribution in [0.25, 0.3) is 0 Å². The first-order valence-electron chi connectivity index (χ1n) is 6.55. The Balaban J connectivity index is 3.10. The fourth-order valence-corrected chi connectivity index (χ4v) is 2.09. The lowest BCUT2D eigenvalue weighted by molar-refractivity contribution is 0.0696. The second-order valence-electron chi connectivity index (χ2n) is 4.32. The topological polar surface area (TPSA) is 62.7 Å². The predicted octanol–water partition coefficient (Wildman–Crippen LogP) is 2.26. The number of pyridine rings is 1. The van der Waals surface area contributed by atoms with E-state index >= 15 is 0 Å². The molecular formula is C14H22N2O3. The molecule has 0 aliphatic heterocycles. The molecule has 1 aromatic rings. The lowest BCUT2D eigenvalue weighted by Gasteiger charge is -2.25. The highest BCUT2D eigenvalue weighted by atomic mass is 16.5. The minimum absolute atomic E-state index is 0.281. The quantitative estimate of drug-likeness (QED) is 0.767. The summed E-state index contributed by atoms with van der Waals surface area (Å²) in [5.74, 6) is -0.935. The van der Waals surface area contributed by atoms with Gasteiger partial charge in [0.05, 0.1) is 18.0 Å². The van der Waals surface area contributed by atoms with Crippen LogP contribution in [0.1, 0.15) is 35.6 Å². The first-order chi connectivity index (χ1) is 9.01. The van der Waals surface area contributed by atoms with Crippen LogP contribution in [-0.4, -0.2) is 42.4 Å². The maximum absolute atomic E-state index is 11.4. The lowest BCUT2D eigenvalue weighted by atomic mass is 10.1. The molecule has 0 aliphatic carbocycles. The number of aromatic nitrogens is 1. The van der Waals surface area contributed by atoms with Gasteiger partial charge in [0.2, 0.25) is 0 Å². The number of aromatic carboxylic acids is 1. The molecule has 0 aliphatic rings. The van der Waals surface area contributed by atoms with Gasteiger partial charge in [0, 0.05) is 25.4 Å². The van der Waals surface area contributed by atoms with E-state index in [0.717, 1.165) is 17.9 Å². The second-order valence-corrected chi connectivity index (χ2v) is 4.32. The Hall–Kier alpha value is -1.62. The van der Waals surface area contributed by atoms with Gasteiger partial charge in [-0.3, -0.25) is 4.98 Å². The molecule has 0 radical (unpaired) electrons. The van der Waals surface area contributed by atoms with Gasteiger partial charge < -0.3 is 14.7 Å². The van der Waals surface area contributed by atoms with Crippen LogP contribution in [0.15, 0.2) is 6.07 Å². The predicted molar refractivity (Wildman–Crippen MR) is 75.1 cm³/mol. The summed E-state index contributed by atoms with van der Waals surface area (Å²) in [5, 5.41) is 9.36. The Kier molecular flexibility index (Phi) is 5.76. The van der Waals surface area contributed by atoms with E-state index in [9.17, 15) is 9.90 Å². The Bertz CT molecular complexity index is 447. The molecule has 0 saturated heterocycles. The molecule has 0 fully saturated rings. The molecule has 1 rings (SSSR count). The highest BCUT2D eigenvalue weighted by Crippen LogP contribution is 2.24. The number of likely N-dealkylation sites (N-methyl/N-ethyl adjacent to an activating group) is 1. The Labute approximate surface area is 114 Å². The van der Waals surface area contributed by atoms with Crippen LogP contribution in [-0.2, 0) is 4.74 Å². The van der Waals surface area contributed by atoms with Crippen molar-refractivity contribution < 1.29 is 14.6 Å². The van der Waals surface area contributed by atoms with Crippen LogP contribution < -0.4 is 4.90 Å². The van der Waals surface area contributed by atoms with E-state index < -0.39 is 5.97 Å². The first-order valence-corrected chi connectivity index (χ1v) is 6.55. The molecule has 0 atom stereocenters. The van der Waals surface area contributed by atoms with E-state index in [1.54, 1.807) is 6.92 Å². The molecule has 0 spiro atoms. The third-order valence-electron chi connectivity index (χ3n) is 2.95. The van der Waals surface area contributed by atoms with Crippen LogP contribution in [0.5, 0.6) is 0 Å². The average Bonchev–Trinajstić information content (AvgIpc) is 2.33. The summed E-state index contributed by atoms with van der Waals surface area (Å²) in [5.41, 5.74) is 2.38. The van der Waals surface area contributed by atoms with E-state index in [2.05, 4.69) is 4.98 Å². The first kappa shape index (κ1) is 15.4. The molecule has 1 aromatic heterocycles. The molecule has 0 saturated carbocycles. The minimum Gasteiger partial charge on any atom is -0.478 e. The number of carbonyl (C=O) groups is 1. The summed E-state index contributed by atoms with van der Waals surface area (Å²) >= 11 is 0. The van der Waals surface area contributed by atoms with Crippen LogP contribution in [0.2, 0.25) is 0 Å². The van der Waals surface area contributed by atoms with Crippen molar-refractivity contribution in [2.24, 2.45) is 0 Å². The molecular weight excluding hydrogens is 244 g/mol. The van der Waals surface area contributed by atoms with Gasteiger partial charge in [0.1, 0.15) is 5.56 Å². The number of nitrogens with zero attached hydrogens (tertiary/aromatic N) is 2. The fourth-order valence-electron chi connectivity index (χ4n) is 2.09. The van der Waals surface area contributed by atoms with Gasteiger partial charge in [-0.25, -0.2) is 4.79 Å². The fraction of sp³-hybridized carbons (Fsp3) is 0.571. The lowest BCUT2D eigenvalue weighted by Crippen LogP contribution is -2.29. The van der Waals surface area contributed by atoms with Crippen molar-refractivity contribution in [3.8, 4) is 0 Å². The molecule has 0 aromatic carbocycles. The van der Waals surface area contributed by atoms with Crippen molar-refractivity contribution in [2.45, 2.75) is 27.7 Å². The standard InChI is InChI=1S/C14H22N2O3/c1-5-16(7-8-19-6-2)12-9-10(3)15-11(4)13(12)14(17)18/h9H,5-8H2,1-4H3,(H,17,18). The third kappa shape index (κ3) is 3.92. The number of anilines is 1. The molecule has 0 amide bonds. The van der Waals surface area contributed by atoms with Gasteiger partial charge in [-0.2, -0.15) is 0 Å². The second kappa shape index (κ2) is 7.09. The van der Waals surface area contributed by atoms with E-state index in [-0.39, 0.29) is 5.56 Å². The molecule has 1 N–H and O–H groups in total. The molecule has 19 heavy (non-hydrogen) atoms. The molecule has 1 heterocycles. The van der Waals surface area contributed by atoms with Crippen LogP contribution in [0.3, 0.4) is 0 Å². The summed E-state index contributed by atoms with van der Waals surface area (Å²) in [7, 11) is 0. The van der Waals surface area contributed by atoms with Crippen molar-refractivity contribution in [1.82, 2.24) is 4.98 Å². The number of aryl methyl sites for hydroxylation is 2. The maximum atomic E-state index is 11.4. The van der Waals surface area contributed by atoms with Crippen molar-refractivity contribution in [2.75, 3.05) is 31.2 Å². The van der Waals surface area contributed by atoms with Gasteiger partial charge in [-0.1, -0.05) is 0 Å². The Morgan fingerprint density at radius 2 is 2.11 bits per heavy atom. The monoisotopic (exact) mass is 266 g/mol. The largest absolute Gasteiger partial charge is 0.478 e. The van der Waals surface area contributed by atoms with E-state index in [1.807, 2.05) is 31.7 Å². The zero-order valence-electron chi connectivity index (χ0n) is 12.1. The molecule has 0 bridgehead atoms. The summed E-state index contributed by atoms with van der Waals surface area (Å²) in [6, 6.07) is 1.83. The third-order valence-corrected chi connectivity index (χ3v) is 2.95. The smallest absolute Gasteiger partial charge is 0.339 e. The summed E-state index contributed by atoms with van der Waals surface area (Å²) in [6.07, 6.45) is 0. The number of hydrogen-bond donors (Lipinski definition) is 1. The SMILES string of the molecule is CCOCCN(CC)c1cc(C)nc(C)c1C(=O)O. The molecule has 5 heteroatoms.